The maximum atomic E-state index is 3.69. The molecule has 0 saturated carbocycles. The summed E-state index contributed by atoms with van der Waals surface area (Å²) in [5.74, 6) is 2.37. The van der Waals surface area contributed by atoms with Crippen molar-refractivity contribution < 1.29 is 0 Å². The Bertz CT molecular complexity index is 334. The second kappa shape index (κ2) is 5.65. The summed E-state index contributed by atoms with van der Waals surface area (Å²) in [4.78, 5) is 1.56. The molecule has 1 aromatic heterocycles. The Morgan fingerprint density at radius 3 is 3.00 bits per heavy atom. The van der Waals surface area contributed by atoms with Gasteiger partial charge in [0.05, 0.1) is 0 Å². The second-order valence-electron chi connectivity index (χ2n) is 5.12. The van der Waals surface area contributed by atoms with E-state index in [0.29, 0.717) is 0 Å². The summed E-state index contributed by atoms with van der Waals surface area (Å²) in [5, 5.41) is 5.74. The van der Waals surface area contributed by atoms with Gasteiger partial charge in [0.2, 0.25) is 0 Å². The first-order valence-corrected chi connectivity index (χ1v) is 7.79. The Labute approximate surface area is 111 Å². The summed E-state index contributed by atoms with van der Waals surface area (Å²) in [6, 6.07) is 2.19. The minimum atomic E-state index is 0.762. The van der Waals surface area contributed by atoms with Crippen LogP contribution in [0.3, 0.4) is 0 Å². The molecule has 3 heteroatoms. The lowest BCUT2D eigenvalue weighted by molar-refractivity contribution is 0.282. The molecule has 0 amide bonds. The molecule has 0 aromatic carbocycles. The first-order chi connectivity index (χ1) is 7.68. The maximum Gasteiger partial charge on any atom is 0.0317 e. The molecule has 0 radical (unpaired) electrons. The molecule has 1 N–H and O–H groups in total. The number of rotatable bonds is 3. The van der Waals surface area contributed by atoms with E-state index in [4.69, 9.17) is 0 Å². The van der Waals surface area contributed by atoms with Gasteiger partial charge in [0.1, 0.15) is 0 Å². The van der Waals surface area contributed by atoms with E-state index in [1.165, 1.54) is 30.4 Å². The van der Waals surface area contributed by atoms with E-state index in [1.54, 1.807) is 4.88 Å². The molecule has 1 aromatic rings. The van der Waals surface area contributed by atoms with Gasteiger partial charge in [-0.05, 0) is 71.1 Å². The lowest BCUT2D eigenvalue weighted by Crippen LogP contribution is -2.35. The van der Waals surface area contributed by atoms with Crippen LogP contribution in [0.5, 0.6) is 0 Å². The zero-order valence-corrected chi connectivity index (χ0v) is 12.4. The fraction of sp³-hybridized carbons (Fsp3) is 0.692. The van der Waals surface area contributed by atoms with E-state index in [9.17, 15) is 0 Å². The van der Waals surface area contributed by atoms with Crippen LogP contribution in [0.25, 0.3) is 0 Å². The topological polar surface area (TPSA) is 12.0 Å². The standard InChI is InChI=1S/C13H20BrNS/c1-9(2)7-10-8-15-5-3-11(10)13-12(14)4-6-16-13/h4,6,9-11,15H,3,5,7-8H2,1-2H3. The average molecular weight is 302 g/mol. The minimum absolute atomic E-state index is 0.762. The molecular formula is C13H20BrNS. The average Bonchev–Trinajstić information content (AvgIpc) is 2.64. The van der Waals surface area contributed by atoms with Crippen molar-refractivity contribution in [3.8, 4) is 0 Å². The van der Waals surface area contributed by atoms with Crippen molar-refractivity contribution in [1.82, 2.24) is 5.32 Å². The van der Waals surface area contributed by atoms with E-state index in [2.05, 4.69) is 46.5 Å². The monoisotopic (exact) mass is 301 g/mol. The van der Waals surface area contributed by atoms with Crippen LogP contribution < -0.4 is 5.32 Å². The SMILES string of the molecule is CC(C)CC1CNCCC1c1sccc1Br. The van der Waals surface area contributed by atoms with Gasteiger partial charge in [-0.25, -0.2) is 0 Å². The molecule has 16 heavy (non-hydrogen) atoms. The molecule has 1 saturated heterocycles. The van der Waals surface area contributed by atoms with Crippen LogP contribution >= 0.6 is 27.3 Å². The Morgan fingerprint density at radius 2 is 2.38 bits per heavy atom. The third-order valence-electron chi connectivity index (χ3n) is 3.36. The van der Waals surface area contributed by atoms with Crippen molar-refractivity contribution >= 4 is 27.3 Å². The first-order valence-electron chi connectivity index (χ1n) is 6.12. The van der Waals surface area contributed by atoms with Gasteiger partial charge in [-0.1, -0.05) is 13.8 Å². The number of thiophene rings is 1. The van der Waals surface area contributed by atoms with Crippen LogP contribution in [-0.4, -0.2) is 13.1 Å². The first kappa shape index (κ1) is 12.6. The van der Waals surface area contributed by atoms with Gasteiger partial charge in [-0.3, -0.25) is 0 Å². The summed E-state index contributed by atoms with van der Waals surface area (Å²) in [6.07, 6.45) is 2.62. The predicted octanol–water partition coefficient (Wildman–Crippen LogP) is 4.25. The van der Waals surface area contributed by atoms with E-state index >= 15 is 0 Å². The number of halogens is 1. The number of nitrogens with one attached hydrogen (secondary N) is 1. The molecule has 1 nitrogen and oxygen atoms in total. The van der Waals surface area contributed by atoms with Gasteiger partial charge in [-0.2, -0.15) is 0 Å². The van der Waals surface area contributed by atoms with Gasteiger partial charge in [0.25, 0.3) is 0 Å². The summed E-state index contributed by atoms with van der Waals surface area (Å²) >= 11 is 5.60. The van der Waals surface area contributed by atoms with Crippen molar-refractivity contribution in [2.24, 2.45) is 11.8 Å². The number of piperidine rings is 1. The van der Waals surface area contributed by atoms with Crippen molar-refractivity contribution in [3.63, 3.8) is 0 Å². The highest BCUT2D eigenvalue weighted by Crippen LogP contribution is 2.40. The Hall–Kier alpha value is 0.140. The maximum absolute atomic E-state index is 3.69. The zero-order valence-electron chi connectivity index (χ0n) is 10.0. The van der Waals surface area contributed by atoms with Gasteiger partial charge >= 0.3 is 0 Å². The van der Waals surface area contributed by atoms with Crippen LogP contribution in [0, 0.1) is 11.8 Å². The number of hydrogen-bond donors (Lipinski definition) is 1. The van der Waals surface area contributed by atoms with Crippen LogP contribution in [-0.2, 0) is 0 Å². The van der Waals surface area contributed by atoms with E-state index in [-0.39, 0.29) is 0 Å². The second-order valence-corrected chi connectivity index (χ2v) is 6.92. The van der Waals surface area contributed by atoms with Crippen LogP contribution in [0.15, 0.2) is 15.9 Å². The Morgan fingerprint density at radius 1 is 1.56 bits per heavy atom. The third-order valence-corrected chi connectivity index (χ3v) is 5.37. The molecule has 0 spiro atoms. The quantitative estimate of drug-likeness (QED) is 0.880. The molecule has 0 bridgehead atoms. The highest BCUT2D eigenvalue weighted by atomic mass is 79.9. The largest absolute Gasteiger partial charge is 0.316 e. The van der Waals surface area contributed by atoms with Crippen molar-refractivity contribution in [1.29, 1.82) is 0 Å². The molecule has 1 fully saturated rings. The van der Waals surface area contributed by atoms with Crippen molar-refractivity contribution in [2.45, 2.75) is 32.6 Å². The molecule has 2 rings (SSSR count). The molecule has 0 aliphatic carbocycles. The molecule has 2 heterocycles. The van der Waals surface area contributed by atoms with Gasteiger partial charge in [0.15, 0.2) is 0 Å². The fourth-order valence-corrected chi connectivity index (χ4v) is 4.59. The highest BCUT2D eigenvalue weighted by Gasteiger charge is 2.28. The predicted molar refractivity (Wildman–Crippen MR) is 75.2 cm³/mol. The van der Waals surface area contributed by atoms with Crippen molar-refractivity contribution in [3.05, 3.63) is 20.8 Å². The smallest absolute Gasteiger partial charge is 0.0317 e. The minimum Gasteiger partial charge on any atom is -0.316 e. The van der Waals surface area contributed by atoms with Gasteiger partial charge in [0, 0.05) is 9.35 Å². The van der Waals surface area contributed by atoms with Crippen LogP contribution in [0.2, 0.25) is 0 Å². The molecule has 2 unspecified atom stereocenters. The van der Waals surface area contributed by atoms with Crippen LogP contribution in [0.4, 0.5) is 0 Å². The zero-order chi connectivity index (χ0) is 11.5. The lowest BCUT2D eigenvalue weighted by Gasteiger charge is -2.33. The Balaban J connectivity index is 2.13. The fourth-order valence-electron chi connectivity index (χ4n) is 2.69. The summed E-state index contributed by atoms with van der Waals surface area (Å²) in [5.41, 5.74) is 0. The molecular weight excluding hydrogens is 282 g/mol. The molecule has 90 valence electrons. The summed E-state index contributed by atoms with van der Waals surface area (Å²) in [7, 11) is 0. The van der Waals surface area contributed by atoms with Crippen LogP contribution in [0.1, 0.15) is 37.5 Å². The van der Waals surface area contributed by atoms with E-state index in [1.807, 2.05) is 11.3 Å². The summed E-state index contributed by atoms with van der Waals surface area (Å²) < 4.78 is 1.32. The van der Waals surface area contributed by atoms with Gasteiger partial charge < -0.3 is 5.32 Å². The van der Waals surface area contributed by atoms with E-state index in [0.717, 1.165) is 17.8 Å². The van der Waals surface area contributed by atoms with Gasteiger partial charge in [-0.15, -0.1) is 11.3 Å². The third kappa shape index (κ3) is 2.88. The molecule has 1 aliphatic rings. The Kier molecular flexibility index (Phi) is 4.45. The normalized spacial score (nSPS) is 26.2. The molecule has 1 aliphatic heterocycles. The highest BCUT2D eigenvalue weighted by molar-refractivity contribution is 9.10. The summed E-state index contributed by atoms with van der Waals surface area (Å²) in [6.45, 7) is 7.01. The molecule has 2 atom stereocenters. The van der Waals surface area contributed by atoms with E-state index < -0.39 is 0 Å². The van der Waals surface area contributed by atoms with Crippen molar-refractivity contribution in [2.75, 3.05) is 13.1 Å². The lowest BCUT2D eigenvalue weighted by atomic mass is 9.80. The number of hydrogen-bond acceptors (Lipinski definition) is 2.